The summed E-state index contributed by atoms with van der Waals surface area (Å²) < 4.78 is 32.6. The first-order valence-electron chi connectivity index (χ1n) is 10.8. The van der Waals surface area contributed by atoms with Gasteiger partial charge in [-0.05, 0) is 87.4 Å². The van der Waals surface area contributed by atoms with E-state index >= 15 is 0 Å². The fourth-order valence-corrected chi connectivity index (χ4v) is 5.29. The van der Waals surface area contributed by atoms with E-state index in [4.69, 9.17) is 4.74 Å². The Morgan fingerprint density at radius 3 is 2.35 bits per heavy atom. The molecule has 0 bridgehead atoms. The zero-order valence-electron chi connectivity index (χ0n) is 18.7. The topological polar surface area (TPSA) is 75.7 Å². The number of carbonyl (C=O) groups excluding carboxylic acids is 1. The molecule has 1 atom stereocenters. The Morgan fingerprint density at radius 1 is 1.13 bits per heavy atom. The molecule has 1 fully saturated rings. The molecule has 2 aromatic rings. The maximum atomic E-state index is 13.1. The number of anilines is 2. The van der Waals surface area contributed by atoms with Gasteiger partial charge in [-0.1, -0.05) is 19.1 Å². The predicted molar refractivity (Wildman–Crippen MR) is 125 cm³/mol. The summed E-state index contributed by atoms with van der Waals surface area (Å²) in [6, 6.07) is 12.0. The fraction of sp³-hybridized carbons (Fsp3) is 0.458. The highest BCUT2D eigenvalue weighted by atomic mass is 32.2. The highest BCUT2D eigenvalue weighted by molar-refractivity contribution is 7.92. The first-order valence-corrected chi connectivity index (χ1v) is 12.7. The molecule has 3 rings (SSSR count). The van der Waals surface area contributed by atoms with Gasteiger partial charge < -0.3 is 10.1 Å². The van der Waals surface area contributed by atoms with Crippen LogP contribution >= 0.6 is 0 Å². The van der Waals surface area contributed by atoms with Gasteiger partial charge in [0.1, 0.15) is 11.8 Å². The average molecular weight is 445 g/mol. The van der Waals surface area contributed by atoms with Crippen LogP contribution in [0.2, 0.25) is 0 Å². The van der Waals surface area contributed by atoms with E-state index in [1.54, 1.807) is 12.1 Å². The summed E-state index contributed by atoms with van der Waals surface area (Å²) in [6.45, 7) is 5.56. The Morgan fingerprint density at radius 2 is 1.77 bits per heavy atom. The largest absolute Gasteiger partial charge is 0.490 e. The monoisotopic (exact) mass is 444 g/mol. The number of rotatable bonds is 8. The Bertz CT molecular complexity index is 1010. The van der Waals surface area contributed by atoms with Gasteiger partial charge in [0, 0.05) is 5.69 Å². The van der Waals surface area contributed by atoms with Crippen molar-refractivity contribution in [1.29, 1.82) is 0 Å². The third kappa shape index (κ3) is 5.79. The van der Waals surface area contributed by atoms with Crippen molar-refractivity contribution in [3.05, 3.63) is 53.6 Å². The van der Waals surface area contributed by atoms with Crippen LogP contribution in [-0.4, -0.2) is 32.7 Å². The zero-order valence-corrected chi connectivity index (χ0v) is 19.5. The quantitative estimate of drug-likeness (QED) is 0.634. The van der Waals surface area contributed by atoms with Gasteiger partial charge in [-0.2, -0.15) is 0 Å². The maximum absolute atomic E-state index is 13.1. The van der Waals surface area contributed by atoms with E-state index in [0.717, 1.165) is 36.0 Å². The van der Waals surface area contributed by atoms with Crippen molar-refractivity contribution in [2.24, 2.45) is 0 Å². The molecule has 0 saturated heterocycles. The van der Waals surface area contributed by atoms with Crippen LogP contribution in [0.15, 0.2) is 42.5 Å². The standard InChI is InChI=1S/C24H32N2O4S/c1-5-22(26(31(4,28)29)23-16-17(2)10-11-18(23)3)24(27)25-19-12-14-21(15-13-19)30-20-8-6-7-9-20/h10-16,20,22H,5-9H2,1-4H3,(H,25,27)/t22-/m1/s1. The Hall–Kier alpha value is -2.54. The van der Waals surface area contributed by atoms with E-state index in [1.165, 1.54) is 17.1 Å². The van der Waals surface area contributed by atoms with Crippen LogP contribution in [0.5, 0.6) is 5.75 Å². The first kappa shape index (κ1) is 23.1. The van der Waals surface area contributed by atoms with Gasteiger partial charge in [-0.25, -0.2) is 8.42 Å². The summed E-state index contributed by atoms with van der Waals surface area (Å²) in [5.74, 6) is 0.420. The second-order valence-corrected chi connectivity index (χ2v) is 10.2. The van der Waals surface area contributed by atoms with E-state index in [0.29, 0.717) is 17.8 Å². The summed E-state index contributed by atoms with van der Waals surface area (Å²) in [5, 5.41) is 2.87. The van der Waals surface area contributed by atoms with Crippen LogP contribution in [0.4, 0.5) is 11.4 Å². The van der Waals surface area contributed by atoms with Gasteiger partial charge >= 0.3 is 0 Å². The normalized spacial score (nSPS) is 15.5. The van der Waals surface area contributed by atoms with Gasteiger partial charge in [-0.15, -0.1) is 0 Å². The predicted octanol–water partition coefficient (Wildman–Crippen LogP) is 4.81. The molecule has 31 heavy (non-hydrogen) atoms. The van der Waals surface area contributed by atoms with Gasteiger partial charge in [0.05, 0.1) is 18.0 Å². The first-order chi connectivity index (χ1) is 14.7. The molecule has 6 nitrogen and oxygen atoms in total. The summed E-state index contributed by atoms with van der Waals surface area (Å²) in [5.41, 5.74) is 2.87. The number of hydrogen-bond donors (Lipinski definition) is 1. The van der Waals surface area contributed by atoms with Crippen molar-refractivity contribution in [3.63, 3.8) is 0 Å². The fourth-order valence-electron chi connectivity index (χ4n) is 4.03. The molecule has 0 spiro atoms. The van der Waals surface area contributed by atoms with Gasteiger partial charge in [0.25, 0.3) is 0 Å². The van der Waals surface area contributed by atoms with Gasteiger partial charge in [-0.3, -0.25) is 9.10 Å². The summed E-state index contributed by atoms with van der Waals surface area (Å²) >= 11 is 0. The molecule has 0 unspecified atom stereocenters. The number of benzene rings is 2. The third-order valence-electron chi connectivity index (χ3n) is 5.66. The summed E-state index contributed by atoms with van der Waals surface area (Å²) in [6.07, 6.45) is 6.32. The number of amides is 1. The molecule has 1 saturated carbocycles. The third-order valence-corrected chi connectivity index (χ3v) is 6.82. The molecule has 1 N–H and O–H groups in total. The molecule has 0 heterocycles. The van der Waals surface area contributed by atoms with E-state index in [2.05, 4.69) is 5.32 Å². The lowest BCUT2D eigenvalue weighted by Gasteiger charge is -2.31. The van der Waals surface area contributed by atoms with E-state index in [1.807, 2.05) is 51.1 Å². The number of aryl methyl sites for hydroxylation is 2. The molecule has 0 aromatic heterocycles. The number of nitrogens with one attached hydrogen (secondary N) is 1. The number of carbonyl (C=O) groups is 1. The van der Waals surface area contributed by atoms with Crippen LogP contribution < -0.4 is 14.4 Å². The van der Waals surface area contributed by atoms with E-state index in [-0.39, 0.29) is 12.0 Å². The minimum absolute atomic E-state index is 0.269. The average Bonchev–Trinajstić information content (AvgIpc) is 3.21. The van der Waals surface area contributed by atoms with Gasteiger partial charge in [0.2, 0.25) is 15.9 Å². The molecule has 1 aliphatic rings. The lowest BCUT2D eigenvalue weighted by Crippen LogP contribution is -2.47. The van der Waals surface area contributed by atoms with Crippen molar-refractivity contribution in [2.45, 2.75) is 65.0 Å². The van der Waals surface area contributed by atoms with Crippen LogP contribution in [0, 0.1) is 13.8 Å². The van der Waals surface area contributed by atoms with Crippen molar-refractivity contribution in [1.82, 2.24) is 0 Å². The van der Waals surface area contributed by atoms with E-state index < -0.39 is 16.1 Å². The molecule has 1 amide bonds. The molecule has 1 aliphatic carbocycles. The zero-order chi connectivity index (χ0) is 22.6. The smallest absolute Gasteiger partial charge is 0.248 e. The van der Waals surface area contributed by atoms with Crippen LogP contribution in [0.3, 0.4) is 0 Å². The van der Waals surface area contributed by atoms with Crippen molar-refractivity contribution in [2.75, 3.05) is 15.9 Å². The Balaban J connectivity index is 1.79. The molecule has 0 radical (unpaired) electrons. The van der Waals surface area contributed by atoms with Gasteiger partial charge in [0.15, 0.2) is 0 Å². The number of nitrogens with zero attached hydrogens (tertiary/aromatic N) is 1. The summed E-state index contributed by atoms with van der Waals surface area (Å²) in [7, 11) is -3.67. The lowest BCUT2D eigenvalue weighted by molar-refractivity contribution is -0.117. The second kappa shape index (κ2) is 9.73. The summed E-state index contributed by atoms with van der Waals surface area (Å²) in [4.78, 5) is 13.1. The highest BCUT2D eigenvalue weighted by Crippen LogP contribution is 2.29. The molecule has 2 aromatic carbocycles. The van der Waals surface area contributed by atoms with E-state index in [9.17, 15) is 13.2 Å². The van der Waals surface area contributed by atoms with Crippen LogP contribution in [0.1, 0.15) is 50.2 Å². The minimum atomic E-state index is -3.67. The lowest BCUT2D eigenvalue weighted by atomic mass is 10.1. The van der Waals surface area contributed by atoms with Crippen LogP contribution in [-0.2, 0) is 14.8 Å². The van der Waals surface area contributed by atoms with Crippen molar-refractivity contribution < 1.29 is 17.9 Å². The second-order valence-electron chi connectivity index (χ2n) is 8.31. The minimum Gasteiger partial charge on any atom is -0.490 e. The SMILES string of the molecule is CC[C@H](C(=O)Nc1ccc(OC2CCCC2)cc1)N(c1cc(C)ccc1C)S(C)(=O)=O. The molecular weight excluding hydrogens is 412 g/mol. The number of sulfonamides is 1. The molecule has 0 aliphatic heterocycles. The molecular formula is C24H32N2O4S. The maximum Gasteiger partial charge on any atom is 0.248 e. The Labute approximate surface area is 185 Å². The van der Waals surface area contributed by atoms with Crippen molar-refractivity contribution in [3.8, 4) is 5.75 Å². The molecule has 7 heteroatoms. The van der Waals surface area contributed by atoms with Crippen molar-refractivity contribution >= 4 is 27.3 Å². The van der Waals surface area contributed by atoms with Crippen LogP contribution in [0.25, 0.3) is 0 Å². The molecule has 168 valence electrons. The number of hydrogen-bond acceptors (Lipinski definition) is 4. The highest BCUT2D eigenvalue weighted by Gasteiger charge is 2.32. The number of ether oxygens (including phenoxy) is 1. The Kier molecular flexibility index (Phi) is 7.26.